The summed E-state index contributed by atoms with van der Waals surface area (Å²) in [5, 5.41) is 2.95. The van der Waals surface area contributed by atoms with Gasteiger partial charge in [0.15, 0.2) is 12.5 Å². The van der Waals surface area contributed by atoms with Crippen LogP contribution in [0.4, 0.5) is 13.2 Å². The minimum Gasteiger partial charge on any atom is -0.431 e. The number of nitrogens with zero attached hydrogens (tertiary/aromatic N) is 1. The fourth-order valence-electron chi connectivity index (χ4n) is 4.52. The highest BCUT2D eigenvalue weighted by Crippen LogP contribution is 2.28. The molecule has 0 saturated heterocycles. The molecule has 1 amide bonds. The van der Waals surface area contributed by atoms with Crippen LogP contribution in [0, 0.1) is 0 Å². The number of unbranched alkanes of at least 4 members (excludes halogenated alkanes) is 1. The second-order valence-corrected chi connectivity index (χ2v) is 9.50. The summed E-state index contributed by atoms with van der Waals surface area (Å²) in [4.78, 5) is 26.2. The number of carbonyl (C=O) groups excluding carboxylic acids is 2. The topological polar surface area (TPSA) is 58.6 Å². The first kappa shape index (κ1) is 27.4. The maximum atomic E-state index is 13.2. The Hall–Kier alpha value is -3.65. The zero-order valence-electron chi connectivity index (χ0n) is 21.3. The van der Waals surface area contributed by atoms with E-state index in [2.05, 4.69) is 15.0 Å². The fourth-order valence-corrected chi connectivity index (χ4v) is 4.52. The van der Waals surface area contributed by atoms with Crippen molar-refractivity contribution in [3.8, 4) is 16.9 Å². The number of alkyl halides is 3. The Bertz CT molecular complexity index is 1260. The Kier molecular flexibility index (Phi) is 8.84. The molecule has 0 unspecified atom stereocenters. The van der Waals surface area contributed by atoms with Crippen molar-refractivity contribution in [2.45, 2.75) is 38.8 Å². The third kappa shape index (κ3) is 7.22. The summed E-state index contributed by atoms with van der Waals surface area (Å²) in [6.45, 7) is 2.52. The first-order valence-electron chi connectivity index (χ1n) is 12.7. The van der Waals surface area contributed by atoms with Gasteiger partial charge in [0.25, 0.3) is 5.91 Å². The van der Waals surface area contributed by atoms with Gasteiger partial charge in [0, 0.05) is 30.8 Å². The molecule has 0 fully saturated rings. The van der Waals surface area contributed by atoms with E-state index in [-0.39, 0.29) is 17.4 Å². The van der Waals surface area contributed by atoms with Crippen molar-refractivity contribution in [3.63, 3.8) is 0 Å². The molecule has 0 aliphatic carbocycles. The van der Waals surface area contributed by atoms with Gasteiger partial charge in [-0.05, 0) is 79.3 Å². The van der Waals surface area contributed by atoms with E-state index in [1.165, 1.54) is 13.0 Å². The minimum absolute atomic E-state index is 0.0229. The maximum Gasteiger partial charge on any atom is 0.427 e. The maximum absolute atomic E-state index is 13.2. The van der Waals surface area contributed by atoms with Crippen molar-refractivity contribution >= 4 is 11.7 Å². The molecule has 8 heteroatoms. The number of benzene rings is 3. The quantitative estimate of drug-likeness (QED) is 0.245. The van der Waals surface area contributed by atoms with Gasteiger partial charge in [-0.15, -0.1) is 0 Å². The molecule has 0 aromatic heterocycles. The van der Waals surface area contributed by atoms with Gasteiger partial charge in [0.05, 0.1) is 0 Å². The average Bonchev–Trinajstić information content (AvgIpc) is 2.92. The van der Waals surface area contributed by atoms with E-state index in [0.29, 0.717) is 24.2 Å². The lowest BCUT2D eigenvalue weighted by molar-refractivity contribution is -0.186. The molecule has 1 aliphatic rings. The number of ether oxygens (including phenoxy) is 1. The lowest BCUT2D eigenvalue weighted by atomic mass is 9.99. The van der Waals surface area contributed by atoms with Crippen molar-refractivity contribution in [3.05, 3.63) is 89.0 Å². The van der Waals surface area contributed by atoms with Gasteiger partial charge >= 0.3 is 6.11 Å². The van der Waals surface area contributed by atoms with E-state index in [4.69, 9.17) is 0 Å². The number of rotatable bonds is 11. The Balaban J connectivity index is 1.19. The van der Waals surface area contributed by atoms with Crippen LogP contribution in [0.1, 0.15) is 51.6 Å². The summed E-state index contributed by atoms with van der Waals surface area (Å²) in [5.74, 6) is -0.141. The summed E-state index contributed by atoms with van der Waals surface area (Å²) < 4.78 is 43.3. The van der Waals surface area contributed by atoms with E-state index in [0.717, 1.165) is 54.6 Å². The lowest BCUT2D eigenvalue weighted by Gasteiger charge is -2.29. The molecule has 1 heterocycles. The normalized spacial score (nSPS) is 13.6. The molecule has 4 rings (SSSR count). The van der Waals surface area contributed by atoms with E-state index < -0.39 is 12.8 Å². The Labute approximate surface area is 220 Å². The number of carbonyl (C=O) groups is 2. The smallest absolute Gasteiger partial charge is 0.427 e. The molecule has 3 aromatic carbocycles. The SMILES string of the molecule is CC(=O)c1ccc(-c2ccc(C(=O)NCCCCN3CCc4ccc(OC(F)(F)CF)cc4C3)cc2)cc1. The molecular formula is C30H31F3N2O3. The lowest BCUT2D eigenvalue weighted by Crippen LogP contribution is -2.32. The summed E-state index contributed by atoms with van der Waals surface area (Å²) >= 11 is 0. The molecule has 3 aromatic rings. The second-order valence-electron chi connectivity index (χ2n) is 9.50. The number of Topliss-reactive ketones (excluding diaryl/α,β-unsaturated/α-hetero) is 1. The van der Waals surface area contributed by atoms with Crippen LogP contribution in [0.5, 0.6) is 5.75 Å². The number of halogens is 3. The molecule has 1 aliphatic heterocycles. The molecular weight excluding hydrogens is 493 g/mol. The number of ketones is 1. The summed E-state index contributed by atoms with van der Waals surface area (Å²) in [5.41, 5.74) is 5.19. The number of hydrogen-bond donors (Lipinski definition) is 1. The first-order valence-corrected chi connectivity index (χ1v) is 12.7. The number of nitrogens with one attached hydrogen (secondary N) is 1. The van der Waals surface area contributed by atoms with E-state index in [1.807, 2.05) is 24.3 Å². The number of fused-ring (bicyclic) bond motifs is 1. The molecule has 200 valence electrons. The van der Waals surface area contributed by atoms with Crippen LogP contribution in [0.25, 0.3) is 11.1 Å². The van der Waals surface area contributed by atoms with Crippen molar-refractivity contribution in [2.24, 2.45) is 0 Å². The summed E-state index contributed by atoms with van der Waals surface area (Å²) in [6.07, 6.45) is -1.33. The average molecular weight is 525 g/mol. The van der Waals surface area contributed by atoms with Gasteiger partial charge in [-0.2, -0.15) is 8.78 Å². The van der Waals surface area contributed by atoms with Gasteiger partial charge in [-0.25, -0.2) is 4.39 Å². The van der Waals surface area contributed by atoms with E-state index >= 15 is 0 Å². The highest BCUT2D eigenvalue weighted by molar-refractivity contribution is 5.95. The van der Waals surface area contributed by atoms with E-state index in [9.17, 15) is 22.8 Å². The molecule has 1 N–H and O–H groups in total. The number of hydrogen-bond acceptors (Lipinski definition) is 4. The van der Waals surface area contributed by atoms with Gasteiger partial charge in [0.1, 0.15) is 5.75 Å². The van der Waals surface area contributed by atoms with Crippen LogP contribution in [-0.4, -0.2) is 49.0 Å². The largest absolute Gasteiger partial charge is 0.431 e. The second kappa shape index (κ2) is 12.3. The van der Waals surface area contributed by atoms with Crippen molar-refractivity contribution in [1.29, 1.82) is 0 Å². The van der Waals surface area contributed by atoms with Gasteiger partial charge < -0.3 is 10.1 Å². The predicted octanol–water partition coefficient (Wildman–Crippen LogP) is 6.07. The van der Waals surface area contributed by atoms with Crippen LogP contribution < -0.4 is 10.1 Å². The number of amides is 1. The van der Waals surface area contributed by atoms with Crippen molar-refractivity contribution < 1.29 is 27.5 Å². The molecule has 0 atom stereocenters. The van der Waals surface area contributed by atoms with Gasteiger partial charge in [-0.1, -0.05) is 42.5 Å². The first-order chi connectivity index (χ1) is 18.2. The zero-order valence-corrected chi connectivity index (χ0v) is 21.3. The van der Waals surface area contributed by atoms with Crippen LogP contribution in [0.3, 0.4) is 0 Å². The summed E-state index contributed by atoms with van der Waals surface area (Å²) in [6, 6.07) is 19.5. The Morgan fingerprint density at radius 1 is 0.921 bits per heavy atom. The van der Waals surface area contributed by atoms with Gasteiger partial charge in [-0.3, -0.25) is 14.5 Å². The van der Waals surface area contributed by atoms with Crippen molar-refractivity contribution in [1.82, 2.24) is 10.2 Å². The molecule has 0 radical (unpaired) electrons. The van der Waals surface area contributed by atoms with Crippen molar-refractivity contribution in [2.75, 3.05) is 26.3 Å². The van der Waals surface area contributed by atoms with Crippen LogP contribution in [0.2, 0.25) is 0 Å². The Morgan fingerprint density at radius 2 is 1.58 bits per heavy atom. The van der Waals surface area contributed by atoms with Crippen LogP contribution in [0.15, 0.2) is 66.7 Å². The third-order valence-electron chi connectivity index (χ3n) is 6.65. The van der Waals surface area contributed by atoms with Gasteiger partial charge in [0.2, 0.25) is 0 Å². The van der Waals surface area contributed by atoms with Crippen LogP contribution >= 0.6 is 0 Å². The highest BCUT2D eigenvalue weighted by atomic mass is 19.3. The predicted molar refractivity (Wildman–Crippen MR) is 140 cm³/mol. The zero-order chi connectivity index (χ0) is 27.1. The fraction of sp³-hybridized carbons (Fsp3) is 0.333. The summed E-state index contributed by atoms with van der Waals surface area (Å²) in [7, 11) is 0. The molecule has 38 heavy (non-hydrogen) atoms. The Morgan fingerprint density at radius 3 is 2.21 bits per heavy atom. The molecule has 0 bridgehead atoms. The molecule has 0 saturated carbocycles. The third-order valence-corrected chi connectivity index (χ3v) is 6.65. The molecule has 0 spiro atoms. The van der Waals surface area contributed by atoms with Crippen LogP contribution in [-0.2, 0) is 13.0 Å². The van der Waals surface area contributed by atoms with E-state index in [1.54, 1.807) is 36.4 Å². The minimum atomic E-state index is -3.82. The monoisotopic (exact) mass is 524 g/mol. The standard InChI is InChI=1S/C30H31F3N2O3/c1-21(36)22-4-6-23(7-5-22)24-8-10-26(11-9-24)29(37)34-15-2-3-16-35-17-14-25-12-13-28(18-27(25)19-35)38-30(32,33)20-31/h4-13,18H,2-3,14-17,19-20H2,1H3,(H,34,37). The highest BCUT2D eigenvalue weighted by Gasteiger charge is 2.32. The molecule has 5 nitrogen and oxygen atoms in total.